The van der Waals surface area contributed by atoms with E-state index < -0.39 is 29.6 Å². The number of carbonyl (C=O) groups excluding carboxylic acids is 3. The molecule has 1 atom stereocenters. The number of fused-ring (bicyclic) bond motifs is 1. The van der Waals surface area contributed by atoms with Gasteiger partial charge in [0, 0.05) is 42.5 Å². The van der Waals surface area contributed by atoms with Crippen LogP contribution in [0.25, 0.3) is 22.2 Å². The summed E-state index contributed by atoms with van der Waals surface area (Å²) in [5.74, 6) is -1.09. The number of benzene rings is 2. The third-order valence-electron chi connectivity index (χ3n) is 7.17. The van der Waals surface area contributed by atoms with E-state index in [1.807, 2.05) is 6.92 Å². The maximum absolute atomic E-state index is 13.3. The standard InChI is InChI=1S/C34H29F3N6O3/c1-3-19-43(2)33(46)30(27-8-4-5-17-38-27)42-31(44)23-11-15-26-22(20-23)12-16-28(40-26)41-32(45)25-7-6-18-39-29(25)21-9-13-24(14-10-21)34(35,36)37/h4-18,20,30H,3,19H2,1-2H3,(H,42,44)(H,40,41,45)/t30-/m0/s1. The first-order valence-corrected chi connectivity index (χ1v) is 14.4. The van der Waals surface area contributed by atoms with Crippen LogP contribution < -0.4 is 10.6 Å². The van der Waals surface area contributed by atoms with Crippen molar-refractivity contribution in [2.75, 3.05) is 18.9 Å². The van der Waals surface area contributed by atoms with Crippen LogP contribution in [0.4, 0.5) is 19.0 Å². The fourth-order valence-electron chi connectivity index (χ4n) is 4.85. The van der Waals surface area contributed by atoms with Gasteiger partial charge in [-0.2, -0.15) is 13.2 Å². The van der Waals surface area contributed by atoms with Crippen LogP contribution in [0, 0.1) is 0 Å². The molecule has 2 aromatic carbocycles. The Balaban J connectivity index is 1.33. The first-order chi connectivity index (χ1) is 22.0. The van der Waals surface area contributed by atoms with E-state index in [1.54, 1.807) is 72.7 Å². The molecule has 3 aromatic heterocycles. The monoisotopic (exact) mass is 626 g/mol. The highest BCUT2D eigenvalue weighted by atomic mass is 19.4. The predicted molar refractivity (Wildman–Crippen MR) is 167 cm³/mol. The molecule has 0 saturated carbocycles. The van der Waals surface area contributed by atoms with E-state index in [2.05, 4.69) is 25.6 Å². The molecule has 234 valence electrons. The van der Waals surface area contributed by atoms with Crippen LogP contribution in [0.2, 0.25) is 0 Å². The van der Waals surface area contributed by atoms with Crippen molar-refractivity contribution in [3.63, 3.8) is 0 Å². The molecule has 2 N–H and O–H groups in total. The van der Waals surface area contributed by atoms with Gasteiger partial charge in [-0.05, 0) is 73.2 Å². The molecular weight excluding hydrogens is 597 g/mol. The first-order valence-electron chi connectivity index (χ1n) is 14.4. The van der Waals surface area contributed by atoms with E-state index >= 15 is 0 Å². The summed E-state index contributed by atoms with van der Waals surface area (Å²) >= 11 is 0. The van der Waals surface area contributed by atoms with Crippen LogP contribution in [0.15, 0.2) is 97.3 Å². The molecule has 12 heteroatoms. The molecule has 9 nitrogen and oxygen atoms in total. The largest absolute Gasteiger partial charge is 0.416 e. The Kier molecular flexibility index (Phi) is 9.36. The molecule has 0 aliphatic rings. The lowest BCUT2D eigenvalue weighted by Gasteiger charge is -2.24. The van der Waals surface area contributed by atoms with Gasteiger partial charge in [-0.3, -0.25) is 24.4 Å². The molecule has 0 aliphatic carbocycles. The van der Waals surface area contributed by atoms with Crippen LogP contribution in [0.5, 0.6) is 0 Å². The van der Waals surface area contributed by atoms with Crippen molar-refractivity contribution in [3.8, 4) is 11.3 Å². The molecule has 0 saturated heterocycles. The maximum atomic E-state index is 13.3. The molecule has 3 heterocycles. The smallest absolute Gasteiger partial charge is 0.344 e. The average molecular weight is 627 g/mol. The Hall–Kier alpha value is -5.65. The molecule has 0 unspecified atom stereocenters. The summed E-state index contributed by atoms with van der Waals surface area (Å²) in [4.78, 5) is 54.2. The van der Waals surface area contributed by atoms with Gasteiger partial charge in [0.25, 0.3) is 17.7 Å². The van der Waals surface area contributed by atoms with Crippen LogP contribution in [-0.2, 0) is 11.0 Å². The molecule has 0 fully saturated rings. The number of aromatic nitrogens is 3. The number of hydrogen-bond acceptors (Lipinski definition) is 6. The van der Waals surface area contributed by atoms with Crippen LogP contribution in [-0.4, -0.2) is 51.2 Å². The molecule has 0 bridgehead atoms. The predicted octanol–water partition coefficient (Wildman–Crippen LogP) is 6.30. The number of likely N-dealkylation sites (N-methyl/N-ethyl adjacent to an activating group) is 1. The van der Waals surface area contributed by atoms with Crippen LogP contribution in [0.3, 0.4) is 0 Å². The number of carbonyl (C=O) groups is 3. The van der Waals surface area contributed by atoms with Gasteiger partial charge in [0.05, 0.1) is 28.0 Å². The molecule has 0 aliphatic heterocycles. The number of amides is 3. The van der Waals surface area contributed by atoms with Gasteiger partial charge in [0.15, 0.2) is 6.04 Å². The zero-order valence-corrected chi connectivity index (χ0v) is 24.9. The number of halogens is 3. The van der Waals surface area contributed by atoms with Gasteiger partial charge < -0.3 is 15.5 Å². The van der Waals surface area contributed by atoms with Gasteiger partial charge in [0.2, 0.25) is 0 Å². The zero-order valence-electron chi connectivity index (χ0n) is 24.9. The van der Waals surface area contributed by atoms with Gasteiger partial charge in [0.1, 0.15) is 5.82 Å². The summed E-state index contributed by atoms with van der Waals surface area (Å²) < 4.78 is 39.0. The maximum Gasteiger partial charge on any atom is 0.416 e. The van der Waals surface area contributed by atoms with Crippen molar-refractivity contribution in [1.82, 2.24) is 25.2 Å². The molecule has 0 spiro atoms. The van der Waals surface area contributed by atoms with Crippen molar-refractivity contribution in [1.29, 1.82) is 0 Å². The van der Waals surface area contributed by atoms with Gasteiger partial charge >= 0.3 is 6.18 Å². The van der Waals surface area contributed by atoms with Gasteiger partial charge in [-0.25, -0.2) is 4.98 Å². The molecule has 5 rings (SSSR count). The summed E-state index contributed by atoms with van der Waals surface area (Å²) in [6.07, 6.45) is -0.720. The highest BCUT2D eigenvalue weighted by Gasteiger charge is 2.30. The third-order valence-corrected chi connectivity index (χ3v) is 7.17. The second-order valence-corrected chi connectivity index (χ2v) is 10.5. The Labute approximate surface area is 262 Å². The summed E-state index contributed by atoms with van der Waals surface area (Å²) in [6.45, 7) is 2.48. The zero-order chi connectivity index (χ0) is 32.8. The number of nitrogens with zero attached hydrogens (tertiary/aromatic N) is 4. The lowest BCUT2D eigenvalue weighted by atomic mass is 10.0. The fraction of sp³-hybridized carbons (Fsp3) is 0.176. The normalized spacial score (nSPS) is 11.9. The lowest BCUT2D eigenvalue weighted by Crippen LogP contribution is -2.42. The lowest BCUT2D eigenvalue weighted by molar-refractivity contribution is -0.137. The van der Waals surface area contributed by atoms with E-state index in [0.717, 1.165) is 18.6 Å². The van der Waals surface area contributed by atoms with Crippen molar-refractivity contribution in [2.24, 2.45) is 0 Å². The molecule has 5 aromatic rings. The third kappa shape index (κ3) is 7.17. The average Bonchev–Trinajstić information content (AvgIpc) is 3.06. The number of rotatable bonds is 9. The van der Waals surface area contributed by atoms with E-state index in [1.165, 1.54) is 24.4 Å². The Morgan fingerprint density at radius 3 is 2.33 bits per heavy atom. The number of hydrogen-bond donors (Lipinski definition) is 2. The van der Waals surface area contributed by atoms with E-state index in [9.17, 15) is 27.6 Å². The summed E-state index contributed by atoms with van der Waals surface area (Å²) in [5.41, 5.74) is 1.12. The van der Waals surface area contributed by atoms with E-state index in [0.29, 0.717) is 34.3 Å². The topological polar surface area (TPSA) is 117 Å². The number of alkyl halides is 3. The van der Waals surface area contributed by atoms with Crippen LogP contribution >= 0.6 is 0 Å². The Morgan fingerprint density at radius 2 is 1.63 bits per heavy atom. The molecular formula is C34H29F3N6O3. The van der Waals surface area contributed by atoms with E-state index in [-0.39, 0.29) is 23.0 Å². The van der Waals surface area contributed by atoms with Crippen molar-refractivity contribution in [2.45, 2.75) is 25.6 Å². The summed E-state index contributed by atoms with van der Waals surface area (Å²) in [7, 11) is 1.68. The highest BCUT2D eigenvalue weighted by molar-refractivity contribution is 6.08. The second-order valence-electron chi connectivity index (χ2n) is 10.5. The molecule has 0 radical (unpaired) electrons. The van der Waals surface area contributed by atoms with Crippen LogP contribution in [0.1, 0.15) is 51.4 Å². The molecule has 46 heavy (non-hydrogen) atoms. The Morgan fingerprint density at radius 1 is 0.870 bits per heavy atom. The SMILES string of the molecule is CCCN(C)C(=O)[C@@H](NC(=O)c1ccc2nc(NC(=O)c3cccnc3-c3ccc(C(F)(F)F)cc3)ccc2c1)c1ccccn1. The van der Waals surface area contributed by atoms with E-state index in [4.69, 9.17) is 0 Å². The fourth-order valence-corrected chi connectivity index (χ4v) is 4.85. The highest BCUT2D eigenvalue weighted by Crippen LogP contribution is 2.31. The minimum atomic E-state index is -4.48. The second kappa shape index (κ2) is 13.6. The first kappa shape index (κ1) is 31.8. The minimum Gasteiger partial charge on any atom is -0.344 e. The van der Waals surface area contributed by atoms with Crippen molar-refractivity contribution >= 4 is 34.4 Å². The van der Waals surface area contributed by atoms with Crippen molar-refractivity contribution in [3.05, 3.63) is 120 Å². The van der Waals surface area contributed by atoms with Crippen molar-refractivity contribution < 1.29 is 27.6 Å². The number of anilines is 1. The summed E-state index contributed by atoms with van der Waals surface area (Å²) in [6, 6.07) is 19.7. The molecule has 3 amide bonds. The summed E-state index contributed by atoms with van der Waals surface area (Å²) in [5, 5.41) is 6.13. The quantitative estimate of drug-likeness (QED) is 0.198. The number of nitrogens with one attached hydrogen (secondary N) is 2. The van der Waals surface area contributed by atoms with Gasteiger partial charge in [-0.1, -0.05) is 25.1 Å². The Bertz CT molecular complexity index is 1880. The van der Waals surface area contributed by atoms with Gasteiger partial charge in [-0.15, -0.1) is 0 Å². The minimum absolute atomic E-state index is 0.151. The number of pyridine rings is 3.